The van der Waals surface area contributed by atoms with E-state index in [-0.39, 0.29) is 22.3 Å². The molecule has 0 aliphatic carbocycles. The maximum atomic E-state index is 13.8. The number of aromatic nitrogens is 3. The minimum atomic E-state index is -1.33. The van der Waals surface area contributed by atoms with Gasteiger partial charge < -0.3 is 5.11 Å². The maximum absolute atomic E-state index is 13.8. The molecule has 0 spiro atoms. The van der Waals surface area contributed by atoms with Crippen LogP contribution >= 0.6 is 0 Å². The van der Waals surface area contributed by atoms with Gasteiger partial charge in [-0.3, -0.25) is 0 Å². The van der Waals surface area contributed by atoms with Gasteiger partial charge in [0.05, 0.1) is 11.1 Å². The summed E-state index contributed by atoms with van der Waals surface area (Å²) in [5, 5.41) is 16.3. The predicted molar refractivity (Wildman–Crippen MR) is 65.7 cm³/mol. The summed E-state index contributed by atoms with van der Waals surface area (Å²) in [6.07, 6.45) is 0. The van der Waals surface area contributed by atoms with Crippen molar-refractivity contribution in [2.24, 2.45) is 0 Å². The highest BCUT2D eigenvalue weighted by Crippen LogP contribution is 2.23. The highest BCUT2D eigenvalue weighted by Gasteiger charge is 2.18. The number of rotatable bonds is 2. The number of carboxylic acids is 1. The molecule has 0 atom stereocenters. The Morgan fingerprint density at radius 3 is 2.52 bits per heavy atom. The fraction of sp³-hybridized carbons (Fsp3) is 0. The first-order valence-corrected chi connectivity index (χ1v) is 5.71. The van der Waals surface area contributed by atoms with E-state index in [2.05, 4.69) is 10.3 Å². The molecule has 0 radical (unpaired) electrons. The third-order valence-electron chi connectivity index (χ3n) is 2.93. The molecule has 0 amide bonds. The highest BCUT2D eigenvalue weighted by atomic mass is 19.2. The van der Waals surface area contributed by atoms with E-state index in [1.807, 2.05) is 0 Å². The van der Waals surface area contributed by atoms with E-state index in [9.17, 15) is 18.0 Å². The van der Waals surface area contributed by atoms with Crippen molar-refractivity contribution >= 4 is 17.0 Å². The summed E-state index contributed by atoms with van der Waals surface area (Å²) in [6.45, 7) is 0. The zero-order valence-electron chi connectivity index (χ0n) is 10.2. The number of carbonyl (C=O) groups is 1. The average Bonchev–Trinajstić information content (AvgIpc) is 2.86. The second-order valence-corrected chi connectivity index (χ2v) is 4.20. The number of fused-ring (bicyclic) bond motifs is 1. The van der Waals surface area contributed by atoms with Crippen LogP contribution in [0.4, 0.5) is 13.2 Å². The number of nitrogens with zero attached hydrogens (tertiary/aromatic N) is 3. The lowest BCUT2D eigenvalue weighted by atomic mass is 10.2. The van der Waals surface area contributed by atoms with Crippen molar-refractivity contribution in [3.63, 3.8) is 0 Å². The van der Waals surface area contributed by atoms with Crippen LogP contribution in [0.3, 0.4) is 0 Å². The fourth-order valence-corrected chi connectivity index (χ4v) is 1.97. The Morgan fingerprint density at radius 1 is 1.10 bits per heavy atom. The minimum Gasteiger partial charge on any atom is -0.478 e. The number of hydrogen-bond donors (Lipinski definition) is 1. The van der Waals surface area contributed by atoms with Gasteiger partial charge in [0.1, 0.15) is 11.2 Å². The fourth-order valence-electron chi connectivity index (χ4n) is 1.97. The zero-order valence-corrected chi connectivity index (χ0v) is 10.2. The van der Waals surface area contributed by atoms with Gasteiger partial charge in [0.2, 0.25) is 0 Å². The van der Waals surface area contributed by atoms with Gasteiger partial charge in [-0.2, -0.15) is 0 Å². The lowest BCUT2D eigenvalue weighted by Gasteiger charge is -2.05. The minimum absolute atomic E-state index is 0.0223. The van der Waals surface area contributed by atoms with Crippen molar-refractivity contribution in [3.8, 4) is 5.69 Å². The first kappa shape index (κ1) is 13.1. The molecule has 0 aliphatic rings. The van der Waals surface area contributed by atoms with E-state index in [1.165, 1.54) is 18.2 Å². The van der Waals surface area contributed by atoms with Gasteiger partial charge in [-0.05, 0) is 12.1 Å². The number of aromatic carboxylic acids is 1. The molecule has 0 unspecified atom stereocenters. The standard InChI is InChI=1S/C13H6F3N3O2/c14-7-4-9(16)11(5-8(7)15)19-10-3-1-2-6(13(20)21)12(10)17-18-19/h1-5H,(H,20,21). The Labute approximate surface area is 115 Å². The lowest BCUT2D eigenvalue weighted by molar-refractivity contribution is 0.0699. The van der Waals surface area contributed by atoms with E-state index >= 15 is 0 Å². The van der Waals surface area contributed by atoms with E-state index in [0.29, 0.717) is 12.1 Å². The van der Waals surface area contributed by atoms with Crippen LogP contribution in [0.1, 0.15) is 10.4 Å². The summed E-state index contributed by atoms with van der Waals surface area (Å²) < 4.78 is 40.9. The van der Waals surface area contributed by atoms with Crippen LogP contribution in [0.2, 0.25) is 0 Å². The molecule has 5 nitrogen and oxygen atoms in total. The normalized spacial score (nSPS) is 11.0. The molecule has 1 heterocycles. The number of benzene rings is 2. The van der Waals surface area contributed by atoms with E-state index in [4.69, 9.17) is 5.11 Å². The predicted octanol–water partition coefficient (Wildman–Crippen LogP) is 2.54. The van der Waals surface area contributed by atoms with E-state index in [0.717, 1.165) is 4.68 Å². The number of halogens is 3. The van der Waals surface area contributed by atoms with Crippen molar-refractivity contribution in [1.29, 1.82) is 0 Å². The van der Waals surface area contributed by atoms with Gasteiger partial charge in [0.25, 0.3) is 0 Å². The number of hydrogen-bond acceptors (Lipinski definition) is 3. The maximum Gasteiger partial charge on any atom is 0.338 e. The van der Waals surface area contributed by atoms with Gasteiger partial charge in [-0.25, -0.2) is 22.6 Å². The molecule has 0 aliphatic heterocycles. The van der Waals surface area contributed by atoms with Crippen molar-refractivity contribution in [3.05, 3.63) is 53.3 Å². The molecule has 106 valence electrons. The van der Waals surface area contributed by atoms with Gasteiger partial charge in [-0.15, -0.1) is 5.10 Å². The quantitative estimate of drug-likeness (QED) is 0.737. The average molecular weight is 293 g/mol. The first-order valence-electron chi connectivity index (χ1n) is 5.71. The summed E-state index contributed by atoms with van der Waals surface area (Å²) in [7, 11) is 0. The van der Waals surface area contributed by atoms with Crippen LogP contribution < -0.4 is 0 Å². The Balaban J connectivity index is 2.30. The molecule has 1 aromatic heterocycles. The van der Waals surface area contributed by atoms with Crippen LogP contribution in [0.5, 0.6) is 0 Å². The lowest BCUT2D eigenvalue weighted by Crippen LogP contribution is -2.03. The van der Waals surface area contributed by atoms with E-state index < -0.39 is 23.4 Å². The van der Waals surface area contributed by atoms with Gasteiger partial charge in [0, 0.05) is 12.1 Å². The second-order valence-electron chi connectivity index (χ2n) is 4.20. The molecule has 2 aromatic carbocycles. The van der Waals surface area contributed by atoms with Gasteiger partial charge >= 0.3 is 5.97 Å². The van der Waals surface area contributed by atoms with Crippen molar-refractivity contribution in [1.82, 2.24) is 15.0 Å². The molecule has 0 saturated carbocycles. The second kappa shape index (κ2) is 4.58. The van der Waals surface area contributed by atoms with Crippen molar-refractivity contribution < 1.29 is 23.1 Å². The Bertz CT molecular complexity index is 876. The third-order valence-corrected chi connectivity index (χ3v) is 2.93. The molecule has 8 heteroatoms. The molecule has 3 rings (SSSR count). The van der Waals surface area contributed by atoms with Crippen LogP contribution in [0.25, 0.3) is 16.7 Å². The summed E-state index contributed by atoms with van der Waals surface area (Å²) in [5.74, 6) is -4.84. The van der Waals surface area contributed by atoms with Crippen LogP contribution in [0, 0.1) is 17.5 Å². The molecule has 0 saturated heterocycles. The van der Waals surface area contributed by atoms with Crippen LogP contribution in [-0.4, -0.2) is 26.1 Å². The van der Waals surface area contributed by atoms with Crippen molar-refractivity contribution in [2.45, 2.75) is 0 Å². The molecular formula is C13H6F3N3O2. The zero-order chi connectivity index (χ0) is 15.1. The first-order chi connectivity index (χ1) is 9.99. The molecule has 1 N–H and O–H groups in total. The Kier molecular flexibility index (Phi) is 2.86. The highest BCUT2D eigenvalue weighted by molar-refractivity contribution is 6.00. The van der Waals surface area contributed by atoms with E-state index in [1.54, 1.807) is 0 Å². The summed E-state index contributed by atoms with van der Waals surface area (Å²) in [5.41, 5.74) is -0.297. The van der Waals surface area contributed by atoms with Crippen LogP contribution in [0.15, 0.2) is 30.3 Å². The monoisotopic (exact) mass is 293 g/mol. The van der Waals surface area contributed by atoms with Gasteiger partial charge in [0.15, 0.2) is 17.5 Å². The molecule has 0 fully saturated rings. The molecule has 21 heavy (non-hydrogen) atoms. The summed E-state index contributed by atoms with van der Waals surface area (Å²) in [6, 6.07) is 5.20. The SMILES string of the molecule is O=C(O)c1cccc2c1nnn2-c1cc(F)c(F)cc1F. The summed E-state index contributed by atoms with van der Waals surface area (Å²) in [4.78, 5) is 11.1. The smallest absolute Gasteiger partial charge is 0.338 e. The van der Waals surface area contributed by atoms with Crippen molar-refractivity contribution in [2.75, 3.05) is 0 Å². The molecule has 3 aromatic rings. The topological polar surface area (TPSA) is 68.0 Å². The Morgan fingerprint density at radius 2 is 1.81 bits per heavy atom. The Hall–Kier alpha value is -2.90. The van der Waals surface area contributed by atoms with Gasteiger partial charge in [-0.1, -0.05) is 11.3 Å². The molecular weight excluding hydrogens is 287 g/mol. The summed E-state index contributed by atoms with van der Waals surface area (Å²) >= 11 is 0. The molecule has 0 bridgehead atoms. The number of carboxylic acid groups (broad SMARTS) is 1. The largest absolute Gasteiger partial charge is 0.478 e. The third kappa shape index (κ3) is 2.00. The van der Waals surface area contributed by atoms with Crippen LogP contribution in [-0.2, 0) is 0 Å².